The van der Waals surface area contributed by atoms with Crippen molar-refractivity contribution in [3.05, 3.63) is 23.8 Å². The number of benzene rings is 1. The number of methoxy groups -OCH3 is 2. The Morgan fingerprint density at radius 3 is 2.33 bits per heavy atom. The zero-order chi connectivity index (χ0) is 13.8. The van der Waals surface area contributed by atoms with E-state index in [-0.39, 0.29) is 5.41 Å². The summed E-state index contributed by atoms with van der Waals surface area (Å²) in [6.07, 6.45) is 1.03. The van der Waals surface area contributed by atoms with Gasteiger partial charge in [-0.1, -0.05) is 26.8 Å². The first-order valence-electron chi connectivity index (χ1n) is 6.39. The minimum absolute atomic E-state index is 0.0637. The summed E-state index contributed by atoms with van der Waals surface area (Å²) in [4.78, 5) is 0. The van der Waals surface area contributed by atoms with E-state index in [2.05, 4.69) is 26.8 Å². The third-order valence-corrected chi connectivity index (χ3v) is 3.37. The second kappa shape index (κ2) is 6.10. The lowest BCUT2D eigenvalue weighted by atomic mass is 9.75. The molecule has 1 aromatic carbocycles. The highest BCUT2D eigenvalue weighted by Crippen LogP contribution is 2.37. The summed E-state index contributed by atoms with van der Waals surface area (Å²) in [5.41, 5.74) is 7.09. The molecule has 1 rings (SSSR count). The molecular formula is C15H25NO2. The molecule has 3 heteroatoms. The third-order valence-electron chi connectivity index (χ3n) is 3.37. The highest BCUT2D eigenvalue weighted by Gasteiger charge is 2.29. The highest BCUT2D eigenvalue weighted by atomic mass is 16.5. The molecule has 0 saturated heterocycles. The Hall–Kier alpha value is -1.22. The summed E-state index contributed by atoms with van der Waals surface area (Å²) in [6.45, 7) is 7.22. The van der Waals surface area contributed by atoms with Gasteiger partial charge in [-0.2, -0.15) is 0 Å². The summed E-state index contributed by atoms with van der Waals surface area (Å²) in [7, 11) is 3.34. The SMILES string of the molecule is COc1ccc(C(C)(CN)CC(C)C)c(OC)c1. The van der Waals surface area contributed by atoms with Crippen molar-refractivity contribution in [3.63, 3.8) is 0 Å². The Balaban J connectivity index is 3.20. The van der Waals surface area contributed by atoms with Crippen LogP contribution in [0.5, 0.6) is 11.5 Å². The van der Waals surface area contributed by atoms with Crippen LogP contribution in [-0.2, 0) is 5.41 Å². The summed E-state index contributed by atoms with van der Waals surface area (Å²) in [5.74, 6) is 2.24. The molecule has 0 heterocycles. The fourth-order valence-corrected chi connectivity index (χ4v) is 2.50. The number of hydrogen-bond acceptors (Lipinski definition) is 3. The summed E-state index contributed by atoms with van der Waals surface area (Å²) < 4.78 is 10.7. The lowest BCUT2D eigenvalue weighted by Crippen LogP contribution is -2.33. The maximum atomic E-state index is 5.99. The first kappa shape index (κ1) is 14.8. The molecule has 0 fully saturated rings. The Labute approximate surface area is 110 Å². The van der Waals surface area contributed by atoms with Gasteiger partial charge in [0, 0.05) is 23.6 Å². The molecule has 1 aromatic rings. The molecule has 0 bridgehead atoms. The van der Waals surface area contributed by atoms with Gasteiger partial charge >= 0.3 is 0 Å². The number of ether oxygens (including phenoxy) is 2. The molecule has 0 saturated carbocycles. The van der Waals surface area contributed by atoms with Crippen molar-refractivity contribution in [1.29, 1.82) is 0 Å². The highest BCUT2D eigenvalue weighted by molar-refractivity contribution is 5.45. The molecule has 3 nitrogen and oxygen atoms in total. The zero-order valence-electron chi connectivity index (χ0n) is 12.1. The predicted molar refractivity (Wildman–Crippen MR) is 75.4 cm³/mol. The van der Waals surface area contributed by atoms with E-state index in [0.717, 1.165) is 23.5 Å². The average Bonchev–Trinajstić information content (AvgIpc) is 2.36. The molecule has 18 heavy (non-hydrogen) atoms. The van der Waals surface area contributed by atoms with Crippen LogP contribution < -0.4 is 15.2 Å². The Bertz CT molecular complexity index is 390. The zero-order valence-corrected chi connectivity index (χ0v) is 12.1. The lowest BCUT2D eigenvalue weighted by Gasteiger charge is -2.32. The minimum Gasteiger partial charge on any atom is -0.497 e. The van der Waals surface area contributed by atoms with Gasteiger partial charge in [-0.25, -0.2) is 0 Å². The van der Waals surface area contributed by atoms with Gasteiger partial charge in [0.1, 0.15) is 11.5 Å². The van der Waals surface area contributed by atoms with Gasteiger partial charge in [0.25, 0.3) is 0 Å². The summed E-state index contributed by atoms with van der Waals surface area (Å²) in [5, 5.41) is 0. The van der Waals surface area contributed by atoms with Crippen molar-refractivity contribution in [3.8, 4) is 11.5 Å². The maximum absolute atomic E-state index is 5.99. The van der Waals surface area contributed by atoms with Crippen LogP contribution in [-0.4, -0.2) is 20.8 Å². The summed E-state index contributed by atoms with van der Waals surface area (Å²) in [6, 6.07) is 5.95. The molecule has 102 valence electrons. The van der Waals surface area contributed by atoms with Gasteiger partial charge in [0.2, 0.25) is 0 Å². The van der Waals surface area contributed by atoms with Crippen LogP contribution in [0, 0.1) is 5.92 Å². The average molecular weight is 251 g/mol. The fourth-order valence-electron chi connectivity index (χ4n) is 2.50. The lowest BCUT2D eigenvalue weighted by molar-refractivity contribution is 0.344. The molecule has 0 amide bonds. The standard InChI is InChI=1S/C15H25NO2/c1-11(2)9-15(3,10-16)13-7-6-12(17-4)8-14(13)18-5/h6-8,11H,9-10,16H2,1-5H3. The minimum atomic E-state index is -0.0637. The molecule has 0 aliphatic carbocycles. The monoisotopic (exact) mass is 251 g/mol. The first-order chi connectivity index (χ1) is 8.46. The fraction of sp³-hybridized carbons (Fsp3) is 0.600. The van der Waals surface area contributed by atoms with E-state index in [1.807, 2.05) is 12.1 Å². The van der Waals surface area contributed by atoms with E-state index in [1.165, 1.54) is 0 Å². The quantitative estimate of drug-likeness (QED) is 0.845. The van der Waals surface area contributed by atoms with E-state index in [0.29, 0.717) is 12.5 Å². The topological polar surface area (TPSA) is 44.5 Å². The van der Waals surface area contributed by atoms with Gasteiger partial charge in [-0.3, -0.25) is 0 Å². The van der Waals surface area contributed by atoms with Crippen LogP contribution in [0.25, 0.3) is 0 Å². The Kier molecular flexibility index (Phi) is 5.03. The van der Waals surface area contributed by atoms with Crippen LogP contribution in [0.3, 0.4) is 0 Å². The predicted octanol–water partition coefficient (Wildman–Crippen LogP) is 2.97. The smallest absolute Gasteiger partial charge is 0.126 e. The summed E-state index contributed by atoms with van der Waals surface area (Å²) >= 11 is 0. The molecule has 0 aliphatic heterocycles. The van der Waals surface area contributed by atoms with Crippen LogP contribution in [0.2, 0.25) is 0 Å². The molecule has 0 spiro atoms. The number of hydrogen-bond donors (Lipinski definition) is 1. The molecule has 0 aromatic heterocycles. The normalized spacial score (nSPS) is 14.4. The number of rotatable bonds is 6. The van der Waals surface area contributed by atoms with Crippen molar-refractivity contribution >= 4 is 0 Å². The first-order valence-corrected chi connectivity index (χ1v) is 6.39. The molecule has 0 radical (unpaired) electrons. The van der Waals surface area contributed by atoms with Crippen LogP contribution in [0.4, 0.5) is 0 Å². The van der Waals surface area contributed by atoms with Crippen molar-refractivity contribution in [2.24, 2.45) is 11.7 Å². The van der Waals surface area contributed by atoms with Gasteiger partial charge in [0.15, 0.2) is 0 Å². The van der Waals surface area contributed by atoms with Gasteiger partial charge in [0.05, 0.1) is 14.2 Å². The molecule has 1 atom stereocenters. The van der Waals surface area contributed by atoms with Crippen molar-refractivity contribution in [2.75, 3.05) is 20.8 Å². The van der Waals surface area contributed by atoms with E-state index >= 15 is 0 Å². The van der Waals surface area contributed by atoms with E-state index < -0.39 is 0 Å². The van der Waals surface area contributed by atoms with Crippen molar-refractivity contribution in [2.45, 2.75) is 32.6 Å². The molecular weight excluding hydrogens is 226 g/mol. The molecule has 0 aliphatic rings. The van der Waals surface area contributed by atoms with Gasteiger partial charge < -0.3 is 15.2 Å². The van der Waals surface area contributed by atoms with Crippen molar-refractivity contribution in [1.82, 2.24) is 0 Å². The second-order valence-corrected chi connectivity index (χ2v) is 5.43. The molecule has 1 unspecified atom stereocenters. The van der Waals surface area contributed by atoms with E-state index in [4.69, 9.17) is 15.2 Å². The Morgan fingerprint density at radius 2 is 1.89 bits per heavy atom. The number of nitrogens with two attached hydrogens (primary N) is 1. The molecule has 2 N–H and O–H groups in total. The largest absolute Gasteiger partial charge is 0.497 e. The van der Waals surface area contributed by atoms with E-state index in [1.54, 1.807) is 14.2 Å². The third kappa shape index (κ3) is 3.16. The van der Waals surface area contributed by atoms with E-state index in [9.17, 15) is 0 Å². The van der Waals surface area contributed by atoms with Crippen LogP contribution in [0.1, 0.15) is 32.8 Å². The van der Waals surface area contributed by atoms with Gasteiger partial charge in [-0.15, -0.1) is 0 Å². The van der Waals surface area contributed by atoms with Crippen LogP contribution in [0.15, 0.2) is 18.2 Å². The second-order valence-electron chi connectivity index (χ2n) is 5.43. The Morgan fingerprint density at radius 1 is 1.22 bits per heavy atom. The van der Waals surface area contributed by atoms with Crippen LogP contribution >= 0.6 is 0 Å². The van der Waals surface area contributed by atoms with Crippen molar-refractivity contribution < 1.29 is 9.47 Å². The maximum Gasteiger partial charge on any atom is 0.126 e. The van der Waals surface area contributed by atoms with Gasteiger partial charge in [-0.05, 0) is 18.4 Å².